The molecule has 2 heterocycles. The van der Waals surface area contributed by atoms with Crippen LogP contribution in [0, 0.1) is 6.92 Å². The molecule has 0 bridgehead atoms. The molecule has 6 nitrogen and oxygen atoms in total. The molecule has 2 N–H and O–H groups in total. The van der Waals surface area contributed by atoms with Crippen LogP contribution in [0.25, 0.3) is 0 Å². The van der Waals surface area contributed by atoms with Crippen molar-refractivity contribution in [3.8, 4) is 0 Å². The quantitative estimate of drug-likeness (QED) is 0.639. The Kier molecular flexibility index (Phi) is 4.49. The number of carbonyl (C=O) groups is 3. The highest BCUT2D eigenvalue weighted by Crippen LogP contribution is 2.25. The molecule has 1 aromatic carbocycles. The van der Waals surface area contributed by atoms with Gasteiger partial charge in [-0.2, -0.15) is 0 Å². The van der Waals surface area contributed by atoms with Crippen LogP contribution in [-0.4, -0.2) is 48.3 Å². The van der Waals surface area contributed by atoms with Crippen molar-refractivity contribution >= 4 is 17.7 Å². The van der Waals surface area contributed by atoms with E-state index in [1.807, 2.05) is 6.92 Å². The summed E-state index contributed by atoms with van der Waals surface area (Å²) in [4.78, 5) is 38.4. The first-order valence-corrected chi connectivity index (χ1v) is 8.14. The lowest BCUT2D eigenvalue weighted by atomic mass is 10.1. The maximum atomic E-state index is 12.5. The third-order valence-corrected chi connectivity index (χ3v) is 4.49. The van der Waals surface area contributed by atoms with Crippen molar-refractivity contribution < 1.29 is 14.4 Å². The highest BCUT2D eigenvalue weighted by atomic mass is 16.2. The zero-order chi connectivity index (χ0) is 17.3. The smallest absolute Gasteiger partial charge is 0.262 e. The molecule has 2 aliphatic heterocycles. The molecule has 0 saturated heterocycles. The monoisotopic (exact) mass is 327 g/mol. The molecule has 0 aliphatic carbocycles. The first-order chi connectivity index (χ1) is 11.5. The van der Waals surface area contributed by atoms with Crippen LogP contribution in [0.15, 0.2) is 29.8 Å². The van der Waals surface area contributed by atoms with E-state index in [-0.39, 0.29) is 5.91 Å². The van der Waals surface area contributed by atoms with E-state index in [1.165, 1.54) is 0 Å². The molecule has 0 spiro atoms. The van der Waals surface area contributed by atoms with E-state index in [0.29, 0.717) is 17.7 Å². The topological polar surface area (TPSA) is 78.5 Å². The maximum absolute atomic E-state index is 12.5. The van der Waals surface area contributed by atoms with Crippen molar-refractivity contribution in [3.63, 3.8) is 0 Å². The van der Waals surface area contributed by atoms with Gasteiger partial charge in [0.2, 0.25) is 5.91 Å². The molecule has 1 unspecified atom stereocenters. The number of hydrogen-bond donors (Lipinski definition) is 2. The molecule has 0 fully saturated rings. The highest BCUT2D eigenvalue weighted by molar-refractivity contribution is 6.22. The molecule has 0 aromatic heterocycles. The number of aryl methyl sites for hydroxylation is 1. The number of rotatable bonds is 4. The van der Waals surface area contributed by atoms with Gasteiger partial charge in [-0.1, -0.05) is 23.3 Å². The van der Waals surface area contributed by atoms with Crippen LogP contribution in [-0.2, 0) is 4.79 Å². The highest BCUT2D eigenvalue weighted by Gasteiger charge is 2.40. The van der Waals surface area contributed by atoms with Gasteiger partial charge in [-0.3, -0.25) is 19.3 Å². The Bertz CT molecular complexity index is 739. The molecule has 126 valence electrons. The van der Waals surface area contributed by atoms with Crippen LogP contribution >= 0.6 is 0 Å². The largest absolute Gasteiger partial charge is 0.351 e. The Morgan fingerprint density at radius 3 is 2.75 bits per heavy atom. The van der Waals surface area contributed by atoms with Crippen LogP contribution < -0.4 is 10.6 Å². The molecule has 1 atom stereocenters. The average molecular weight is 327 g/mol. The molecule has 0 saturated carbocycles. The molecule has 3 rings (SSSR count). The summed E-state index contributed by atoms with van der Waals surface area (Å²) in [7, 11) is 0. The number of fused-ring (bicyclic) bond motifs is 1. The van der Waals surface area contributed by atoms with Gasteiger partial charge < -0.3 is 10.6 Å². The van der Waals surface area contributed by atoms with Crippen LogP contribution in [0.2, 0.25) is 0 Å². The van der Waals surface area contributed by atoms with Crippen molar-refractivity contribution in [2.75, 3.05) is 19.6 Å². The minimum Gasteiger partial charge on any atom is -0.351 e. The fraction of sp³-hybridized carbons (Fsp3) is 0.389. The summed E-state index contributed by atoms with van der Waals surface area (Å²) in [6, 6.07) is 4.30. The number of nitrogens with zero attached hydrogens (tertiary/aromatic N) is 1. The van der Waals surface area contributed by atoms with Crippen molar-refractivity contribution in [2.24, 2.45) is 0 Å². The Hall–Kier alpha value is -2.47. The predicted molar refractivity (Wildman–Crippen MR) is 89.7 cm³/mol. The predicted octanol–water partition coefficient (Wildman–Crippen LogP) is 1.02. The summed E-state index contributed by atoms with van der Waals surface area (Å²) in [5.41, 5.74) is 2.81. The molecule has 6 heteroatoms. The number of benzene rings is 1. The Labute approximate surface area is 140 Å². The zero-order valence-electron chi connectivity index (χ0n) is 13.9. The lowest BCUT2D eigenvalue weighted by Gasteiger charge is -2.22. The van der Waals surface area contributed by atoms with Crippen molar-refractivity contribution in [1.29, 1.82) is 0 Å². The number of carbonyl (C=O) groups excluding carboxylic acids is 3. The number of amides is 3. The lowest BCUT2D eigenvalue weighted by Crippen LogP contribution is -2.48. The van der Waals surface area contributed by atoms with Crippen LogP contribution in [0.3, 0.4) is 0 Å². The van der Waals surface area contributed by atoms with Crippen LogP contribution in [0.1, 0.15) is 39.6 Å². The van der Waals surface area contributed by atoms with E-state index < -0.39 is 17.9 Å². The number of hydrogen-bond acceptors (Lipinski definition) is 4. The summed E-state index contributed by atoms with van der Waals surface area (Å²) >= 11 is 0. The second-order valence-corrected chi connectivity index (χ2v) is 6.24. The Morgan fingerprint density at radius 2 is 2.04 bits per heavy atom. The summed E-state index contributed by atoms with van der Waals surface area (Å²) < 4.78 is 0. The zero-order valence-corrected chi connectivity index (χ0v) is 13.9. The first kappa shape index (κ1) is 16.4. The van der Waals surface area contributed by atoms with Crippen LogP contribution in [0.4, 0.5) is 0 Å². The summed E-state index contributed by atoms with van der Waals surface area (Å²) in [5.74, 6) is -1.12. The SMILES string of the molecule is Cc1ccc2c(c1)C(=O)N(C(C)C(=O)NCC1=CCNCC1)C2=O. The van der Waals surface area contributed by atoms with Crippen molar-refractivity contribution in [2.45, 2.75) is 26.3 Å². The third-order valence-electron chi connectivity index (χ3n) is 4.49. The summed E-state index contributed by atoms with van der Waals surface area (Å²) in [6.45, 7) is 5.60. The minimum atomic E-state index is -0.833. The van der Waals surface area contributed by atoms with Gasteiger partial charge in [0.1, 0.15) is 6.04 Å². The van der Waals surface area contributed by atoms with Gasteiger partial charge in [-0.25, -0.2) is 0 Å². The Balaban J connectivity index is 1.70. The second kappa shape index (κ2) is 6.57. The molecule has 2 aliphatic rings. The van der Waals surface area contributed by atoms with E-state index >= 15 is 0 Å². The molecule has 0 radical (unpaired) electrons. The average Bonchev–Trinajstić information content (AvgIpc) is 2.83. The third kappa shape index (κ3) is 2.97. The molecular formula is C18H21N3O3. The van der Waals surface area contributed by atoms with Gasteiger partial charge in [0, 0.05) is 13.1 Å². The number of imide groups is 1. The van der Waals surface area contributed by atoms with Crippen molar-refractivity contribution in [1.82, 2.24) is 15.5 Å². The molecular weight excluding hydrogens is 306 g/mol. The van der Waals surface area contributed by atoms with Gasteiger partial charge in [0.25, 0.3) is 11.8 Å². The van der Waals surface area contributed by atoms with Crippen LogP contribution in [0.5, 0.6) is 0 Å². The van der Waals surface area contributed by atoms with Gasteiger partial charge in [0.15, 0.2) is 0 Å². The summed E-state index contributed by atoms with van der Waals surface area (Å²) in [6.07, 6.45) is 2.94. The second-order valence-electron chi connectivity index (χ2n) is 6.24. The maximum Gasteiger partial charge on any atom is 0.262 e. The fourth-order valence-corrected chi connectivity index (χ4v) is 3.02. The first-order valence-electron chi connectivity index (χ1n) is 8.14. The van der Waals surface area contributed by atoms with E-state index in [9.17, 15) is 14.4 Å². The molecule has 1 aromatic rings. The van der Waals surface area contributed by atoms with E-state index in [0.717, 1.165) is 35.5 Å². The molecule has 3 amide bonds. The number of nitrogens with one attached hydrogen (secondary N) is 2. The Morgan fingerprint density at radius 1 is 1.29 bits per heavy atom. The van der Waals surface area contributed by atoms with E-state index in [1.54, 1.807) is 25.1 Å². The lowest BCUT2D eigenvalue weighted by molar-refractivity contribution is -0.124. The fourth-order valence-electron chi connectivity index (χ4n) is 3.02. The van der Waals surface area contributed by atoms with Gasteiger partial charge in [-0.15, -0.1) is 0 Å². The normalized spacial score (nSPS) is 18.2. The van der Waals surface area contributed by atoms with Gasteiger partial charge in [0.05, 0.1) is 11.1 Å². The standard InChI is InChI=1S/C18H21N3O3/c1-11-3-4-14-15(9-11)18(24)21(17(14)23)12(2)16(22)20-10-13-5-7-19-8-6-13/h3-5,9,12,19H,6-8,10H2,1-2H3,(H,20,22). The van der Waals surface area contributed by atoms with E-state index in [2.05, 4.69) is 16.7 Å². The van der Waals surface area contributed by atoms with E-state index in [4.69, 9.17) is 0 Å². The van der Waals surface area contributed by atoms with Gasteiger partial charge in [-0.05, 0) is 38.9 Å². The summed E-state index contributed by atoms with van der Waals surface area (Å²) in [5, 5.41) is 6.04. The molecule has 24 heavy (non-hydrogen) atoms. The minimum absolute atomic E-state index is 0.319. The van der Waals surface area contributed by atoms with Gasteiger partial charge >= 0.3 is 0 Å². The van der Waals surface area contributed by atoms with Crippen molar-refractivity contribution in [3.05, 3.63) is 46.5 Å².